The fourth-order valence-electron chi connectivity index (χ4n) is 9.88. The number of hydrogen-bond donors (Lipinski definition) is 3. The number of phosphoric ester groups is 2. The molecule has 504 valence electrons. The van der Waals surface area contributed by atoms with Crippen LogP contribution in [0.25, 0.3) is 0 Å². The van der Waals surface area contributed by atoms with E-state index in [0.717, 1.165) is 109 Å². The van der Waals surface area contributed by atoms with Crippen LogP contribution in [-0.2, 0) is 65.4 Å². The molecule has 3 N–H and O–H groups in total. The quantitative estimate of drug-likeness (QED) is 0.0222. The highest BCUT2D eigenvalue weighted by Crippen LogP contribution is 2.45. The van der Waals surface area contributed by atoms with Crippen molar-refractivity contribution >= 4 is 39.5 Å². The smallest absolute Gasteiger partial charge is 0.462 e. The van der Waals surface area contributed by atoms with Crippen molar-refractivity contribution in [1.29, 1.82) is 0 Å². The Labute approximate surface area is 517 Å². The van der Waals surface area contributed by atoms with Crippen molar-refractivity contribution in [3.8, 4) is 0 Å². The number of esters is 4. The first-order valence-electron chi connectivity index (χ1n) is 34.5. The summed E-state index contributed by atoms with van der Waals surface area (Å²) in [4.78, 5) is 72.1. The van der Waals surface area contributed by atoms with E-state index in [-0.39, 0.29) is 25.7 Å². The van der Waals surface area contributed by atoms with Crippen LogP contribution in [0.2, 0.25) is 0 Å². The maximum atomic E-state index is 13.0. The first-order chi connectivity index (χ1) is 40.9. The van der Waals surface area contributed by atoms with Crippen molar-refractivity contribution in [3.63, 3.8) is 0 Å². The Kier molecular flexibility index (Phi) is 57.1. The van der Waals surface area contributed by atoms with Crippen LogP contribution in [0.15, 0.2) is 0 Å². The minimum Gasteiger partial charge on any atom is -0.462 e. The topological polar surface area (TPSA) is 237 Å². The van der Waals surface area contributed by atoms with Gasteiger partial charge in [-0.2, -0.15) is 0 Å². The Morgan fingerprint density at radius 3 is 0.800 bits per heavy atom. The zero-order valence-corrected chi connectivity index (χ0v) is 56.7. The van der Waals surface area contributed by atoms with Gasteiger partial charge in [-0.1, -0.05) is 279 Å². The van der Waals surface area contributed by atoms with Crippen LogP contribution in [0.1, 0.15) is 330 Å². The van der Waals surface area contributed by atoms with E-state index in [9.17, 15) is 43.2 Å². The van der Waals surface area contributed by atoms with Crippen LogP contribution in [0.3, 0.4) is 0 Å². The maximum absolute atomic E-state index is 13.0. The molecule has 2 unspecified atom stereocenters. The summed E-state index contributed by atoms with van der Waals surface area (Å²) in [6, 6.07) is 0. The van der Waals surface area contributed by atoms with E-state index in [1.807, 2.05) is 0 Å². The van der Waals surface area contributed by atoms with E-state index in [4.69, 9.17) is 37.0 Å². The number of aliphatic hydroxyl groups is 1. The average molecular weight is 1260 g/mol. The third-order valence-corrected chi connectivity index (χ3v) is 17.1. The summed E-state index contributed by atoms with van der Waals surface area (Å²) in [5.41, 5.74) is 0. The lowest BCUT2D eigenvalue weighted by Gasteiger charge is -2.21. The molecule has 0 aliphatic heterocycles. The van der Waals surface area contributed by atoms with Gasteiger partial charge in [-0.3, -0.25) is 37.3 Å². The summed E-state index contributed by atoms with van der Waals surface area (Å²) >= 11 is 0. The third-order valence-electron chi connectivity index (χ3n) is 15.2. The molecule has 0 bridgehead atoms. The molecule has 5 atom stereocenters. The van der Waals surface area contributed by atoms with E-state index in [2.05, 4.69) is 41.5 Å². The van der Waals surface area contributed by atoms with Crippen LogP contribution in [-0.4, -0.2) is 96.7 Å². The summed E-state index contributed by atoms with van der Waals surface area (Å²) in [6.45, 7) is 9.40. The van der Waals surface area contributed by atoms with Gasteiger partial charge in [-0.05, 0) is 37.5 Å². The zero-order valence-electron chi connectivity index (χ0n) is 54.9. The second-order valence-electron chi connectivity index (χ2n) is 24.8. The second-order valence-corrected chi connectivity index (χ2v) is 27.7. The molecule has 0 aliphatic rings. The van der Waals surface area contributed by atoms with E-state index in [1.54, 1.807) is 0 Å². The molecule has 19 heteroatoms. The summed E-state index contributed by atoms with van der Waals surface area (Å²) in [5, 5.41) is 10.5. The van der Waals surface area contributed by atoms with Gasteiger partial charge in [0.2, 0.25) is 0 Å². The SMILES string of the molecule is CCCCCCCCCCCCC(=O)OC[C@H](COP(=O)(O)OC[C@@H](O)COP(=O)(O)OC[C@@H](COC(=O)CCCCCCCCC)OC(=O)CCCCCCCCC(C)C)OC(=O)CCCCCCCCCCCCCCCCCCC(C)C. The Balaban J connectivity index is 5.14. The second kappa shape index (κ2) is 58.4. The number of unbranched alkanes of at least 4 members (excludes halogenated alkanes) is 35. The molecule has 0 aromatic rings. The normalized spacial score (nSPS) is 14.2. The molecule has 0 heterocycles. The minimum atomic E-state index is -4.94. The summed E-state index contributed by atoms with van der Waals surface area (Å²) in [5.74, 6) is -0.660. The van der Waals surface area contributed by atoms with E-state index in [1.165, 1.54) is 135 Å². The molecular formula is C66H128O17P2. The molecule has 0 saturated carbocycles. The number of carbonyl (C=O) groups is 4. The fourth-order valence-corrected chi connectivity index (χ4v) is 11.5. The predicted molar refractivity (Wildman–Crippen MR) is 340 cm³/mol. The number of aliphatic hydroxyl groups excluding tert-OH is 1. The summed E-state index contributed by atoms with van der Waals surface area (Å²) in [6.07, 6.45) is 42.0. The Morgan fingerprint density at radius 2 is 0.541 bits per heavy atom. The molecule has 0 saturated heterocycles. The number of ether oxygens (including phenoxy) is 4. The van der Waals surface area contributed by atoms with Gasteiger partial charge in [-0.15, -0.1) is 0 Å². The van der Waals surface area contributed by atoms with Crippen molar-refractivity contribution in [3.05, 3.63) is 0 Å². The highest BCUT2D eigenvalue weighted by Gasteiger charge is 2.30. The highest BCUT2D eigenvalue weighted by atomic mass is 31.2. The van der Waals surface area contributed by atoms with E-state index >= 15 is 0 Å². The van der Waals surface area contributed by atoms with Crippen molar-refractivity contribution in [1.82, 2.24) is 0 Å². The molecule has 0 aliphatic carbocycles. The van der Waals surface area contributed by atoms with Crippen molar-refractivity contribution in [2.24, 2.45) is 11.8 Å². The Morgan fingerprint density at radius 1 is 0.318 bits per heavy atom. The fraction of sp³-hybridized carbons (Fsp3) is 0.939. The molecule has 0 rings (SSSR count). The van der Waals surface area contributed by atoms with Crippen LogP contribution in [0, 0.1) is 11.8 Å². The van der Waals surface area contributed by atoms with Crippen LogP contribution >= 0.6 is 15.6 Å². The lowest BCUT2D eigenvalue weighted by Crippen LogP contribution is -2.30. The monoisotopic (exact) mass is 1250 g/mol. The van der Waals surface area contributed by atoms with Gasteiger partial charge in [0, 0.05) is 25.7 Å². The number of rotatable bonds is 65. The number of carbonyl (C=O) groups excluding carboxylic acids is 4. The van der Waals surface area contributed by atoms with Crippen molar-refractivity contribution in [2.75, 3.05) is 39.6 Å². The zero-order chi connectivity index (χ0) is 62.9. The van der Waals surface area contributed by atoms with Crippen LogP contribution in [0.5, 0.6) is 0 Å². The largest absolute Gasteiger partial charge is 0.472 e. The highest BCUT2D eigenvalue weighted by molar-refractivity contribution is 7.47. The van der Waals surface area contributed by atoms with E-state index in [0.29, 0.717) is 31.6 Å². The number of phosphoric acid groups is 2. The van der Waals surface area contributed by atoms with Gasteiger partial charge in [0.15, 0.2) is 12.2 Å². The lowest BCUT2D eigenvalue weighted by atomic mass is 10.0. The first-order valence-corrected chi connectivity index (χ1v) is 37.5. The molecule has 0 fully saturated rings. The predicted octanol–water partition coefficient (Wildman–Crippen LogP) is 18.4. The van der Waals surface area contributed by atoms with Gasteiger partial charge in [0.25, 0.3) is 0 Å². The molecule has 85 heavy (non-hydrogen) atoms. The van der Waals surface area contributed by atoms with Gasteiger partial charge < -0.3 is 33.8 Å². The molecule has 0 radical (unpaired) electrons. The molecule has 0 aromatic heterocycles. The Bertz CT molecular complexity index is 1670. The van der Waals surface area contributed by atoms with Crippen LogP contribution < -0.4 is 0 Å². The molecule has 0 spiro atoms. The Hall–Kier alpha value is -1.94. The molecule has 0 amide bonds. The standard InChI is InChI=1S/C66H128O17P2/c1-7-9-11-13-15-16-26-30-37-43-49-64(69)77-55-61(82-65(70)50-44-38-31-27-24-22-20-18-17-19-21-23-25-29-34-40-46-58(3)4)56-80-84(72,73)78-52-60(67)53-79-85(74,75)81-57-62(54-76-63(68)48-42-36-28-14-12-10-8-2)83-66(71)51-45-39-33-32-35-41-47-59(5)6/h58-62,67H,7-57H2,1-6H3,(H,72,73)(H,74,75)/t60-,61-,62-/m1/s1. The molecule has 17 nitrogen and oxygen atoms in total. The maximum Gasteiger partial charge on any atom is 0.472 e. The minimum absolute atomic E-state index is 0.102. The van der Waals surface area contributed by atoms with Gasteiger partial charge in [-0.25, -0.2) is 9.13 Å². The van der Waals surface area contributed by atoms with E-state index < -0.39 is 97.5 Å². The number of hydrogen-bond acceptors (Lipinski definition) is 15. The van der Waals surface area contributed by atoms with Crippen molar-refractivity contribution < 1.29 is 80.2 Å². The lowest BCUT2D eigenvalue weighted by molar-refractivity contribution is -0.161. The van der Waals surface area contributed by atoms with Gasteiger partial charge in [0.05, 0.1) is 26.4 Å². The summed E-state index contributed by atoms with van der Waals surface area (Å²) < 4.78 is 67.9. The summed E-state index contributed by atoms with van der Waals surface area (Å²) in [7, 11) is -9.88. The third kappa shape index (κ3) is 60.7. The van der Waals surface area contributed by atoms with Crippen molar-refractivity contribution in [2.45, 2.75) is 349 Å². The van der Waals surface area contributed by atoms with Gasteiger partial charge >= 0.3 is 39.5 Å². The van der Waals surface area contributed by atoms with Gasteiger partial charge in [0.1, 0.15) is 19.3 Å². The first kappa shape index (κ1) is 83.1. The molecule has 0 aromatic carbocycles. The molecular weight excluding hydrogens is 1130 g/mol. The average Bonchev–Trinajstić information content (AvgIpc) is 3.58. The van der Waals surface area contributed by atoms with Crippen LogP contribution in [0.4, 0.5) is 0 Å².